The van der Waals surface area contributed by atoms with E-state index in [4.69, 9.17) is 14.2 Å². The third-order valence-electron chi connectivity index (χ3n) is 5.20. The zero-order valence-corrected chi connectivity index (χ0v) is 17.3. The molecule has 0 bridgehead atoms. The van der Waals surface area contributed by atoms with Crippen molar-refractivity contribution < 1.29 is 14.2 Å². The van der Waals surface area contributed by atoms with Crippen molar-refractivity contribution in [3.63, 3.8) is 0 Å². The topological polar surface area (TPSA) is 39.7 Å². The second-order valence-corrected chi connectivity index (χ2v) is 7.54. The number of benzene rings is 3. The quantitative estimate of drug-likeness (QED) is 0.483. The van der Waals surface area contributed by atoms with Crippen LogP contribution in [0.15, 0.2) is 78.9 Å². The molecule has 156 valence electrons. The van der Waals surface area contributed by atoms with Crippen LogP contribution in [0, 0.1) is 0 Å². The highest BCUT2D eigenvalue weighted by atomic mass is 16.5. The maximum absolute atomic E-state index is 6.23. The van der Waals surface area contributed by atoms with Gasteiger partial charge in [0.15, 0.2) is 0 Å². The van der Waals surface area contributed by atoms with E-state index in [1.807, 2.05) is 60.7 Å². The third-order valence-corrected chi connectivity index (χ3v) is 5.20. The second kappa shape index (κ2) is 10.7. The van der Waals surface area contributed by atoms with Gasteiger partial charge in [-0.3, -0.25) is 0 Å². The van der Waals surface area contributed by atoms with Gasteiger partial charge in [-0.15, -0.1) is 0 Å². The Morgan fingerprint density at radius 3 is 2.50 bits per heavy atom. The Bertz CT molecular complexity index is 899. The van der Waals surface area contributed by atoms with Crippen molar-refractivity contribution in [1.29, 1.82) is 0 Å². The fourth-order valence-electron chi connectivity index (χ4n) is 3.55. The molecule has 30 heavy (non-hydrogen) atoms. The van der Waals surface area contributed by atoms with Crippen LogP contribution in [0.3, 0.4) is 0 Å². The van der Waals surface area contributed by atoms with Crippen molar-refractivity contribution in [2.75, 3.05) is 19.7 Å². The van der Waals surface area contributed by atoms with Gasteiger partial charge in [-0.1, -0.05) is 54.6 Å². The Labute approximate surface area is 178 Å². The van der Waals surface area contributed by atoms with Gasteiger partial charge >= 0.3 is 0 Å². The molecular weight excluding hydrogens is 374 g/mol. The van der Waals surface area contributed by atoms with Gasteiger partial charge in [-0.25, -0.2) is 0 Å². The Hall–Kier alpha value is -2.98. The van der Waals surface area contributed by atoms with Gasteiger partial charge in [-0.2, -0.15) is 0 Å². The highest BCUT2D eigenvalue weighted by Crippen LogP contribution is 2.31. The average molecular weight is 404 g/mol. The molecule has 3 aromatic carbocycles. The number of para-hydroxylation sites is 1. The summed E-state index contributed by atoms with van der Waals surface area (Å²) in [5.41, 5.74) is 2.42. The molecule has 4 nitrogen and oxygen atoms in total. The molecule has 0 fully saturated rings. The maximum Gasteiger partial charge on any atom is 0.126 e. The molecule has 0 amide bonds. The minimum atomic E-state index is 0.192. The van der Waals surface area contributed by atoms with Crippen molar-refractivity contribution in [2.45, 2.75) is 32.0 Å². The molecule has 3 aromatic rings. The molecule has 1 aliphatic rings. The van der Waals surface area contributed by atoms with E-state index in [0.29, 0.717) is 13.2 Å². The summed E-state index contributed by atoms with van der Waals surface area (Å²) >= 11 is 0. The number of hydrogen-bond acceptors (Lipinski definition) is 4. The maximum atomic E-state index is 6.23. The van der Waals surface area contributed by atoms with E-state index in [1.54, 1.807) is 0 Å². The van der Waals surface area contributed by atoms with Gasteiger partial charge in [0.2, 0.25) is 0 Å². The molecule has 0 saturated heterocycles. The molecular formula is C26H29NO3. The van der Waals surface area contributed by atoms with Crippen molar-refractivity contribution in [3.8, 4) is 17.2 Å². The average Bonchev–Trinajstić information content (AvgIpc) is 2.81. The predicted molar refractivity (Wildman–Crippen MR) is 119 cm³/mol. The molecule has 0 unspecified atom stereocenters. The minimum Gasteiger partial charge on any atom is -0.494 e. The van der Waals surface area contributed by atoms with Crippen LogP contribution in [0.25, 0.3) is 0 Å². The SMILES string of the molecule is c1ccc(COc2ccc3c(c2)O[C@@H](CNCCCOc2ccccc2)CC3)cc1. The Balaban J connectivity index is 1.18. The first-order valence-electron chi connectivity index (χ1n) is 10.7. The van der Waals surface area contributed by atoms with Crippen LogP contribution >= 0.6 is 0 Å². The summed E-state index contributed by atoms with van der Waals surface area (Å²) in [6.45, 7) is 3.04. The lowest BCUT2D eigenvalue weighted by molar-refractivity contribution is 0.168. The van der Waals surface area contributed by atoms with E-state index in [0.717, 1.165) is 55.2 Å². The number of nitrogens with one attached hydrogen (secondary N) is 1. The van der Waals surface area contributed by atoms with Crippen LogP contribution in [-0.2, 0) is 13.0 Å². The van der Waals surface area contributed by atoms with E-state index >= 15 is 0 Å². The summed E-state index contributed by atoms with van der Waals surface area (Å²) in [5.74, 6) is 2.73. The van der Waals surface area contributed by atoms with Crippen molar-refractivity contribution in [1.82, 2.24) is 5.32 Å². The monoisotopic (exact) mass is 403 g/mol. The molecule has 1 atom stereocenters. The van der Waals surface area contributed by atoms with Crippen molar-refractivity contribution >= 4 is 0 Å². The van der Waals surface area contributed by atoms with Crippen LogP contribution in [0.1, 0.15) is 24.0 Å². The Kier molecular flexibility index (Phi) is 7.24. The van der Waals surface area contributed by atoms with E-state index < -0.39 is 0 Å². The zero-order chi connectivity index (χ0) is 20.4. The van der Waals surface area contributed by atoms with Crippen LogP contribution in [0.4, 0.5) is 0 Å². The Morgan fingerprint density at radius 1 is 0.867 bits per heavy atom. The number of hydrogen-bond donors (Lipinski definition) is 1. The first kappa shape index (κ1) is 20.3. The number of fused-ring (bicyclic) bond motifs is 1. The highest BCUT2D eigenvalue weighted by molar-refractivity contribution is 5.42. The van der Waals surface area contributed by atoms with Crippen LogP contribution in [-0.4, -0.2) is 25.8 Å². The first-order valence-corrected chi connectivity index (χ1v) is 10.7. The molecule has 0 spiro atoms. The van der Waals surface area contributed by atoms with Gasteiger partial charge in [0.05, 0.1) is 6.61 Å². The summed E-state index contributed by atoms with van der Waals surface area (Å²) in [5, 5.41) is 3.50. The minimum absolute atomic E-state index is 0.192. The summed E-state index contributed by atoms with van der Waals surface area (Å²) in [4.78, 5) is 0. The lowest BCUT2D eigenvalue weighted by Crippen LogP contribution is -2.35. The molecule has 1 heterocycles. The summed E-state index contributed by atoms with van der Waals surface area (Å²) < 4.78 is 17.9. The highest BCUT2D eigenvalue weighted by Gasteiger charge is 2.20. The molecule has 0 aromatic heterocycles. The summed E-state index contributed by atoms with van der Waals surface area (Å²) in [6, 6.07) is 26.3. The van der Waals surface area contributed by atoms with Crippen LogP contribution in [0.5, 0.6) is 17.2 Å². The molecule has 1 aliphatic heterocycles. The van der Waals surface area contributed by atoms with Crippen molar-refractivity contribution in [3.05, 3.63) is 90.0 Å². The smallest absolute Gasteiger partial charge is 0.126 e. The van der Waals surface area contributed by atoms with Crippen LogP contribution in [0.2, 0.25) is 0 Å². The van der Waals surface area contributed by atoms with Gasteiger partial charge < -0.3 is 19.5 Å². The molecule has 0 aliphatic carbocycles. The standard InChI is InChI=1S/C26H29NO3/c1-3-8-21(9-4-1)20-29-24-14-12-22-13-15-25(30-26(22)18-24)19-27-16-7-17-28-23-10-5-2-6-11-23/h1-6,8-12,14,18,25,27H,7,13,15-17,19-20H2/t25-/m1/s1. The first-order chi connectivity index (χ1) is 14.9. The number of ether oxygens (including phenoxy) is 3. The van der Waals surface area contributed by atoms with E-state index in [9.17, 15) is 0 Å². The van der Waals surface area contributed by atoms with Crippen molar-refractivity contribution in [2.24, 2.45) is 0 Å². The largest absolute Gasteiger partial charge is 0.494 e. The summed E-state index contributed by atoms with van der Waals surface area (Å²) in [7, 11) is 0. The molecule has 4 rings (SSSR count). The van der Waals surface area contributed by atoms with E-state index in [-0.39, 0.29) is 6.10 Å². The summed E-state index contributed by atoms with van der Waals surface area (Å²) in [6.07, 6.45) is 3.23. The fourth-order valence-corrected chi connectivity index (χ4v) is 3.55. The predicted octanol–water partition coefficient (Wildman–Crippen LogP) is 5.02. The molecule has 0 radical (unpaired) electrons. The molecule has 1 N–H and O–H groups in total. The lowest BCUT2D eigenvalue weighted by Gasteiger charge is -2.27. The third kappa shape index (κ3) is 6.01. The number of rotatable bonds is 10. The fraction of sp³-hybridized carbons (Fsp3) is 0.308. The van der Waals surface area contributed by atoms with Gasteiger partial charge in [-0.05, 0) is 55.1 Å². The number of aryl methyl sites for hydroxylation is 1. The second-order valence-electron chi connectivity index (χ2n) is 7.54. The van der Waals surface area contributed by atoms with E-state index in [1.165, 1.54) is 5.56 Å². The van der Waals surface area contributed by atoms with Crippen LogP contribution < -0.4 is 19.5 Å². The van der Waals surface area contributed by atoms with Gasteiger partial charge in [0, 0.05) is 12.6 Å². The van der Waals surface area contributed by atoms with Gasteiger partial charge in [0.25, 0.3) is 0 Å². The normalized spacial score (nSPS) is 15.1. The zero-order valence-electron chi connectivity index (χ0n) is 17.3. The molecule has 0 saturated carbocycles. The van der Waals surface area contributed by atoms with Gasteiger partial charge in [0.1, 0.15) is 30.0 Å². The lowest BCUT2D eigenvalue weighted by atomic mass is 10.0. The Morgan fingerprint density at radius 2 is 1.67 bits per heavy atom. The molecule has 4 heteroatoms. The van der Waals surface area contributed by atoms with E-state index in [2.05, 4.69) is 23.5 Å².